The number of carbonyl (C=O) groups is 1. The number of nitrogens with zero attached hydrogens (tertiary/aromatic N) is 1. The minimum Gasteiger partial charge on any atom is -0.494 e. The van der Waals surface area contributed by atoms with Crippen molar-refractivity contribution in [1.82, 2.24) is 10.2 Å². The Balaban J connectivity index is 1.89. The third-order valence-electron chi connectivity index (χ3n) is 3.34. The summed E-state index contributed by atoms with van der Waals surface area (Å²) < 4.78 is 18.5. The van der Waals surface area contributed by atoms with Gasteiger partial charge in [-0.15, -0.1) is 0 Å². The van der Waals surface area contributed by atoms with Gasteiger partial charge < -0.3 is 15.0 Å². The number of hydrogen-bond donors (Lipinski definition) is 1. The molecular weight excluding hydrogens is 319 g/mol. The van der Waals surface area contributed by atoms with Gasteiger partial charge in [-0.25, -0.2) is 9.18 Å². The zero-order chi connectivity index (χ0) is 16.8. The molecule has 0 aliphatic carbocycles. The van der Waals surface area contributed by atoms with E-state index in [0.717, 1.165) is 5.56 Å². The molecule has 1 N–H and O–H groups in total. The van der Waals surface area contributed by atoms with E-state index in [4.69, 9.17) is 16.3 Å². The fourth-order valence-electron chi connectivity index (χ4n) is 2.07. The summed E-state index contributed by atoms with van der Waals surface area (Å²) in [4.78, 5) is 13.5. The lowest BCUT2D eigenvalue weighted by molar-refractivity contribution is 0.206. The fourth-order valence-corrected chi connectivity index (χ4v) is 2.19. The number of benzene rings is 2. The van der Waals surface area contributed by atoms with E-state index in [0.29, 0.717) is 23.7 Å². The van der Waals surface area contributed by atoms with E-state index in [1.54, 1.807) is 31.3 Å². The zero-order valence-electron chi connectivity index (χ0n) is 13.0. The number of nitrogens with one attached hydrogen (secondary N) is 1. The topological polar surface area (TPSA) is 41.6 Å². The van der Waals surface area contributed by atoms with E-state index in [1.165, 1.54) is 18.1 Å². The second-order valence-electron chi connectivity index (χ2n) is 5.11. The molecule has 0 aliphatic heterocycles. The Kier molecular flexibility index (Phi) is 5.82. The highest BCUT2D eigenvalue weighted by Crippen LogP contribution is 2.18. The summed E-state index contributed by atoms with van der Waals surface area (Å²) in [5.41, 5.74) is 1.64. The highest BCUT2D eigenvalue weighted by Gasteiger charge is 2.10. The number of methoxy groups -OCH3 is 1. The number of hydrogen-bond acceptors (Lipinski definition) is 2. The van der Waals surface area contributed by atoms with Gasteiger partial charge in [0.2, 0.25) is 0 Å². The molecule has 0 aliphatic rings. The van der Waals surface area contributed by atoms with Gasteiger partial charge in [-0.05, 0) is 35.4 Å². The Hall–Kier alpha value is -2.27. The van der Waals surface area contributed by atoms with Crippen LogP contribution in [0.25, 0.3) is 0 Å². The summed E-state index contributed by atoms with van der Waals surface area (Å²) in [6.07, 6.45) is 0. The van der Waals surface area contributed by atoms with Crippen LogP contribution in [0.5, 0.6) is 5.75 Å². The van der Waals surface area contributed by atoms with Crippen LogP contribution in [0.3, 0.4) is 0 Å². The second kappa shape index (κ2) is 7.83. The van der Waals surface area contributed by atoms with Crippen molar-refractivity contribution in [2.75, 3.05) is 14.2 Å². The standard InChI is InChI=1S/C17H18ClFN2O2/c1-21(11-13-5-8-16(23-2)15(19)9-13)17(22)20-10-12-3-6-14(18)7-4-12/h3-9H,10-11H2,1-2H3,(H,20,22). The molecule has 6 heteroatoms. The summed E-state index contributed by atoms with van der Waals surface area (Å²) in [5.74, 6) is -0.261. The lowest BCUT2D eigenvalue weighted by Crippen LogP contribution is -2.36. The summed E-state index contributed by atoms with van der Waals surface area (Å²) in [6, 6.07) is 11.6. The van der Waals surface area contributed by atoms with E-state index in [9.17, 15) is 9.18 Å². The van der Waals surface area contributed by atoms with Crippen LogP contribution in [0.4, 0.5) is 9.18 Å². The van der Waals surface area contributed by atoms with Crippen LogP contribution in [0, 0.1) is 5.82 Å². The summed E-state index contributed by atoms with van der Waals surface area (Å²) in [6.45, 7) is 0.699. The van der Waals surface area contributed by atoms with Gasteiger partial charge in [0.1, 0.15) is 0 Å². The third-order valence-corrected chi connectivity index (χ3v) is 3.59. The van der Waals surface area contributed by atoms with Gasteiger partial charge in [0.05, 0.1) is 7.11 Å². The van der Waals surface area contributed by atoms with Gasteiger partial charge in [0.25, 0.3) is 0 Å². The smallest absolute Gasteiger partial charge is 0.317 e. The molecule has 4 nitrogen and oxygen atoms in total. The quantitative estimate of drug-likeness (QED) is 0.901. The summed E-state index contributed by atoms with van der Waals surface area (Å²) >= 11 is 5.81. The monoisotopic (exact) mass is 336 g/mol. The first-order chi connectivity index (χ1) is 11.0. The lowest BCUT2D eigenvalue weighted by Gasteiger charge is -2.18. The van der Waals surface area contributed by atoms with Crippen molar-refractivity contribution in [1.29, 1.82) is 0 Å². The highest BCUT2D eigenvalue weighted by atomic mass is 35.5. The van der Waals surface area contributed by atoms with Crippen molar-refractivity contribution in [3.8, 4) is 5.75 Å². The Morgan fingerprint density at radius 1 is 1.22 bits per heavy atom. The predicted molar refractivity (Wildman–Crippen MR) is 88.1 cm³/mol. The molecule has 0 fully saturated rings. The predicted octanol–water partition coefficient (Wildman–Crippen LogP) is 3.83. The first kappa shape index (κ1) is 17.1. The minimum atomic E-state index is -0.444. The molecule has 2 amide bonds. The normalized spacial score (nSPS) is 10.3. The van der Waals surface area contributed by atoms with E-state index < -0.39 is 5.82 Å². The fraction of sp³-hybridized carbons (Fsp3) is 0.235. The van der Waals surface area contributed by atoms with Crippen LogP contribution < -0.4 is 10.1 Å². The van der Waals surface area contributed by atoms with Crippen LogP contribution in [-0.2, 0) is 13.1 Å². The molecule has 2 aromatic carbocycles. The molecule has 0 saturated carbocycles. The van der Waals surface area contributed by atoms with Crippen molar-refractivity contribution in [3.63, 3.8) is 0 Å². The molecule has 122 valence electrons. The molecular formula is C17H18ClFN2O2. The van der Waals surface area contributed by atoms with Crippen LogP contribution >= 0.6 is 11.6 Å². The first-order valence-electron chi connectivity index (χ1n) is 7.05. The number of rotatable bonds is 5. The Bertz CT molecular complexity index is 677. The number of urea groups is 1. The van der Waals surface area contributed by atoms with Gasteiger partial charge in [-0.3, -0.25) is 0 Å². The van der Waals surface area contributed by atoms with Crippen molar-refractivity contribution in [2.45, 2.75) is 13.1 Å². The maximum Gasteiger partial charge on any atom is 0.317 e. The van der Waals surface area contributed by atoms with E-state index in [2.05, 4.69) is 5.32 Å². The molecule has 2 aromatic rings. The van der Waals surface area contributed by atoms with Gasteiger partial charge in [0.15, 0.2) is 11.6 Å². The maximum absolute atomic E-state index is 13.6. The molecule has 0 aromatic heterocycles. The summed E-state index contributed by atoms with van der Waals surface area (Å²) in [7, 11) is 3.06. The van der Waals surface area contributed by atoms with Gasteiger partial charge in [0, 0.05) is 25.2 Å². The van der Waals surface area contributed by atoms with E-state index >= 15 is 0 Å². The highest BCUT2D eigenvalue weighted by molar-refractivity contribution is 6.30. The Morgan fingerprint density at radius 3 is 2.48 bits per heavy atom. The number of halogens is 2. The van der Waals surface area contributed by atoms with Crippen molar-refractivity contribution >= 4 is 17.6 Å². The number of amides is 2. The van der Waals surface area contributed by atoms with Crippen molar-refractivity contribution in [2.24, 2.45) is 0 Å². The van der Waals surface area contributed by atoms with Gasteiger partial charge in [-0.1, -0.05) is 29.8 Å². The molecule has 0 atom stereocenters. The van der Waals surface area contributed by atoms with Crippen molar-refractivity contribution < 1.29 is 13.9 Å². The van der Waals surface area contributed by atoms with E-state index in [1.807, 2.05) is 12.1 Å². The van der Waals surface area contributed by atoms with Crippen molar-refractivity contribution in [3.05, 3.63) is 64.4 Å². The second-order valence-corrected chi connectivity index (χ2v) is 5.55. The van der Waals surface area contributed by atoms with Gasteiger partial charge >= 0.3 is 6.03 Å². The van der Waals surface area contributed by atoms with Crippen LogP contribution in [-0.4, -0.2) is 25.1 Å². The van der Waals surface area contributed by atoms with Crippen LogP contribution in [0.1, 0.15) is 11.1 Å². The SMILES string of the molecule is COc1ccc(CN(C)C(=O)NCc2ccc(Cl)cc2)cc1F. The third kappa shape index (κ3) is 4.86. The minimum absolute atomic E-state index is 0.184. The summed E-state index contributed by atoms with van der Waals surface area (Å²) in [5, 5.41) is 3.45. The molecule has 0 spiro atoms. The first-order valence-corrected chi connectivity index (χ1v) is 7.43. The Morgan fingerprint density at radius 2 is 1.87 bits per heavy atom. The Labute approximate surface area is 139 Å². The molecule has 23 heavy (non-hydrogen) atoms. The van der Waals surface area contributed by atoms with Gasteiger partial charge in [-0.2, -0.15) is 0 Å². The molecule has 0 saturated heterocycles. The number of ether oxygens (including phenoxy) is 1. The molecule has 2 rings (SSSR count). The average molecular weight is 337 g/mol. The van der Waals surface area contributed by atoms with E-state index in [-0.39, 0.29) is 11.8 Å². The van der Waals surface area contributed by atoms with Crippen LogP contribution in [0.15, 0.2) is 42.5 Å². The zero-order valence-corrected chi connectivity index (χ0v) is 13.7. The molecule has 0 unspecified atom stereocenters. The molecule has 0 heterocycles. The average Bonchev–Trinajstić information content (AvgIpc) is 2.54. The largest absolute Gasteiger partial charge is 0.494 e. The number of carbonyl (C=O) groups excluding carboxylic acids is 1. The lowest BCUT2D eigenvalue weighted by atomic mass is 10.2. The molecule has 0 radical (unpaired) electrons. The van der Waals surface area contributed by atoms with Crippen LogP contribution in [0.2, 0.25) is 5.02 Å². The molecule has 0 bridgehead atoms. The maximum atomic E-state index is 13.6.